The number of carbonyl (C=O) groups is 3. The van der Waals surface area contributed by atoms with Crippen molar-refractivity contribution in [3.8, 4) is 0 Å². The maximum absolute atomic E-state index is 12.6. The second kappa shape index (κ2) is 7.75. The number of rotatable bonds is 6. The van der Waals surface area contributed by atoms with E-state index in [4.69, 9.17) is 0 Å². The van der Waals surface area contributed by atoms with Crippen LogP contribution >= 0.6 is 0 Å². The lowest BCUT2D eigenvalue weighted by Gasteiger charge is -2.13. The highest BCUT2D eigenvalue weighted by Crippen LogP contribution is 2.18. The topological polar surface area (TPSA) is 96.3 Å². The molecule has 0 radical (unpaired) electrons. The van der Waals surface area contributed by atoms with E-state index in [1.165, 1.54) is 4.90 Å². The summed E-state index contributed by atoms with van der Waals surface area (Å²) in [6, 6.07) is 13.7. The minimum absolute atomic E-state index is 0.118. The van der Waals surface area contributed by atoms with E-state index >= 15 is 0 Å². The highest BCUT2D eigenvalue weighted by atomic mass is 16.2. The first-order chi connectivity index (χ1) is 14.0. The molecule has 1 atom stereocenters. The summed E-state index contributed by atoms with van der Waals surface area (Å²) in [5.41, 5.74) is 3.36. The Hall–Kier alpha value is -3.68. The van der Waals surface area contributed by atoms with Crippen LogP contribution in [-0.4, -0.2) is 44.9 Å². The van der Waals surface area contributed by atoms with Crippen molar-refractivity contribution in [1.82, 2.24) is 19.8 Å². The second-order valence-corrected chi connectivity index (χ2v) is 7.04. The summed E-state index contributed by atoms with van der Waals surface area (Å²) >= 11 is 0. The monoisotopic (exact) mass is 391 g/mol. The number of hydrogen-bond donors (Lipinski definition) is 2. The van der Waals surface area contributed by atoms with Gasteiger partial charge in [-0.2, -0.15) is 0 Å². The number of carbonyl (C=O) groups excluding carboxylic acids is 3. The third-order valence-corrected chi connectivity index (χ3v) is 4.97. The maximum Gasteiger partial charge on any atom is 0.324 e. The van der Waals surface area contributed by atoms with Gasteiger partial charge < -0.3 is 15.2 Å². The molecule has 0 unspecified atom stereocenters. The number of anilines is 1. The average Bonchev–Trinajstić information content (AvgIpc) is 3.20. The number of nitrogens with zero attached hydrogens (tertiary/aromatic N) is 3. The van der Waals surface area contributed by atoms with Gasteiger partial charge in [0.2, 0.25) is 5.91 Å². The predicted molar refractivity (Wildman–Crippen MR) is 108 cm³/mol. The second-order valence-electron chi connectivity index (χ2n) is 7.04. The molecule has 0 saturated carbocycles. The minimum atomic E-state index is -0.850. The highest BCUT2D eigenvalue weighted by molar-refractivity contribution is 6.07. The van der Waals surface area contributed by atoms with Gasteiger partial charge in [0.1, 0.15) is 6.04 Å². The molecule has 2 aromatic carbocycles. The molecule has 0 spiro atoms. The fraction of sp³-hybridized carbons (Fsp3) is 0.238. The van der Waals surface area contributed by atoms with E-state index in [9.17, 15) is 14.4 Å². The molecule has 8 heteroatoms. The summed E-state index contributed by atoms with van der Waals surface area (Å²) in [4.78, 5) is 42.5. The van der Waals surface area contributed by atoms with Crippen LogP contribution in [0.25, 0.3) is 11.0 Å². The van der Waals surface area contributed by atoms with Crippen LogP contribution in [0.2, 0.25) is 0 Å². The SMILES string of the molecule is Cn1cnc2cc(NC(=O)C[C@@H]3NC(=O)N(CCc4ccccc4)C3=O)ccc21. The smallest absolute Gasteiger partial charge is 0.324 e. The van der Waals surface area contributed by atoms with Crippen LogP contribution in [0.5, 0.6) is 0 Å². The average molecular weight is 391 g/mol. The van der Waals surface area contributed by atoms with E-state index in [1.54, 1.807) is 18.5 Å². The lowest BCUT2D eigenvalue weighted by Crippen LogP contribution is -2.34. The van der Waals surface area contributed by atoms with Gasteiger partial charge in [-0.05, 0) is 30.2 Å². The van der Waals surface area contributed by atoms with Crippen LogP contribution in [0.4, 0.5) is 10.5 Å². The normalized spacial score (nSPS) is 16.3. The van der Waals surface area contributed by atoms with Crippen LogP contribution in [0.15, 0.2) is 54.9 Å². The van der Waals surface area contributed by atoms with Crippen molar-refractivity contribution in [3.05, 3.63) is 60.4 Å². The first-order valence-corrected chi connectivity index (χ1v) is 9.38. The Bertz CT molecular complexity index is 1080. The molecule has 8 nitrogen and oxygen atoms in total. The van der Waals surface area contributed by atoms with E-state index < -0.39 is 12.1 Å². The van der Waals surface area contributed by atoms with E-state index in [2.05, 4.69) is 15.6 Å². The third kappa shape index (κ3) is 3.96. The third-order valence-electron chi connectivity index (χ3n) is 4.97. The number of benzene rings is 2. The first-order valence-electron chi connectivity index (χ1n) is 9.38. The summed E-state index contributed by atoms with van der Waals surface area (Å²) in [6.45, 7) is 0.281. The Morgan fingerprint density at radius 2 is 1.97 bits per heavy atom. The number of urea groups is 1. The number of nitrogens with one attached hydrogen (secondary N) is 2. The zero-order valence-corrected chi connectivity index (χ0v) is 16.0. The van der Waals surface area contributed by atoms with Gasteiger partial charge in [-0.3, -0.25) is 14.5 Å². The lowest BCUT2D eigenvalue weighted by atomic mass is 10.1. The Labute approximate surface area is 167 Å². The van der Waals surface area contributed by atoms with Gasteiger partial charge in [-0.1, -0.05) is 30.3 Å². The van der Waals surface area contributed by atoms with Crippen molar-refractivity contribution in [2.24, 2.45) is 7.05 Å². The molecule has 0 aliphatic carbocycles. The molecule has 1 fully saturated rings. The fourth-order valence-corrected chi connectivity index (χ4v) is 3.42. The van der Waals surface area contributed by atoms with Gasteiger partial charge in [0.15, 0.2) is 0 Å². The van der Waals surface area contributed by atoms with Crippen LogP contribution in [0.1, 0.15) is 12.0 Å². The van der Waals surface area contributed by atoms with Crippen LogP contribution in [0, 0.1) is 0 Å². The number of aromatic nitrogens is 2. The molecule has 1 aliphatic heterocycles. The zero-order valence-electron chi connectivity index (χ0n) is 16.0. The van der Waals surface area contributed by atoms with Crippen LogP contribution in [-0.2, 0) is 23.1 Å². The highest BCUT2D eigenvalue weighted by Gasteiger charge is 2.38. The fourth-order valence-electron chi connectivity index (χ4n) is 3.42. The Balaban J connectivity index is 1.35. The van der Waals surface area contributed by atoms with Crippen molar-refractivity contribution in [2.75, 3.05) is 11.9 Å². The lowest BCUT2D eigenvalue weighted by molar-refractivity contribution is -0.129. The molecule has 148 valence electrons. The zero-order chi connectivity index (χ0) is 20.4. The van der Waals surface area contributed by atoms with Crippen molar-refractivity contribution < 1.29 is 14.4 Å². The largest absolute Gasteiger partial charge is 0.334 e. The van der Waals surface area contributed by atoms with E-state index in [1.807, 2.05) is 48.0 Å². The molecule has 1 aromatic heterocycles. The summed E-state index contributed by atoms with van der Waals surface area (Å²) in [6.07, 6.45) is 2.16. The molecule has 1 saturated heterocycles. The number of aryl methyl sites for hydroxylation is 1. The molecule has 2 N–H and O–H groups in total. The van der Waals surface area contributed by atoms with Crippen molar-refractivity contribution in [3.63, 3.8) is 0 Å². The summed E-state index contributed by atoms with van der Waals surface area (Å²) in [7, 11) is 1.89. The molecule has 0 bridgehead atoms. The number of amides is 4. The quantitative estimate of drug-likeness (QED) is 0.629. The predicted octanol–water partition coefficient (Wildman–Crippen LogP) is 2.06. The first kappa shape index (κ1) is 18.7. The molecule has 29 heavy (non-hydrogen) atoms. The van der Waals surface area contributed by atoms with Gasteiger partial charge in [-0.25, -0.2) is 9.78 Å². The minimum Gasteiger partial charge on any atom is -0.334 e. The molecule has 2 heterocycles. The number of fused-ring (bicyclic) bond motifs is 1. The standard InChI is InChI=1S/C21H21N5O3/c1-25-13-22-16-11-15(7-8-18(16)25)23-19(27)12-17-20(28)26(21(29)24-17)10-9-14-5-3-2-4-6-14/h2-8,11,13,17H,9-10,12H2,1H3,(H,23,27)(H,24,29)/t17-/m0/s1. The molecule has 1 aliphatic rings. The molecular formula is C21H21N5O3. The van der Waals surface area contributed by atoms with Gasteiger partial charge in [0.05, 0.1) is 23.8 Å². The van der Waals surface area contributed by atoms with Gasteiger partial charge in [-0.15, -0.1) is 0 Å². The van der Waals surface area contributed by atoms with Crippen molar-refractivity contribution in [2.45, 2.75) is 18.9 Å². The summed E-state index contributed by atoms with van der Waals surface area (Å²) < 4.78 is 1.89. The van der Waals surface area contributed by atoms with E-state index in [-0.39, 0.29) is 24.8 Å². The number of imide groups is 1. The van der Waals surface area contributed by atoms with Crippen molar-refractivity contribution >= 4 is 34.6 Å². The Morgan fingerprint density at radius 3 is 2.76 bits per heavy atom. The summed E-state index contributed by atoms with van der Waals surface area (Å²) in [5, 5.41) is 5.37. The molecular weight excluding hydrogens is 370 g/mol. The van der Waals surface area contributed by atoms with Gasteiger partial charge >= 0.3 is 6.03 Å². The van der Waals surface area contributed by atoms with Crippen LogP contribution in [0.3, 0.4) is 0 Å². The number of imidazole rings is 1. The van der Waals surface area contributed by atoms with Crippen LogP contribution < -0.4 is 10.6 Å². The Morgan fingerprint density at radius 1 is 1.17 bits per heavy atom. The molecule has 4 rings (SSSR count). The van der Waals surface area contributed by atoms with Gasteiger partial charge in [0, 0.05) is 19.3 Å². The van der Waals surface area contributed by atoms with E-state index in [0.717, 1.165) is 16.6 Å². The maximum atomic E-state index is 12.6. The number of hydrogen-bond acceptors (Lipinski definition) is 4. The molecule has 4 amide bonds. The Kier molecular flexibility index (Phi) is 4.99. The van der Waals surface area contributed by atoms with Crippen molar-refractivity contribution in [1.29, 1.82) is 0 Å². The molecule has 3 aromatic rings. The summed E-state index contributed by atoms with van der Waals surface area (Å²) in [5.74, 6) is -0.718. The van der Waals surface area contributed by atoms with E-state index in [0.29, 0.717) is 12.1 Å². The van der Waals surface area contributed by atoms with Gasteiger partial charge in [0.25, 0.3) is 5.91 Å².